The predicted molar refractivity (Wildman–Crippen MR) is 81.6 cm³/mol. The van der Waals surface area contributed by atoms with Crippen LogP contribution < -0.4 is 5.32 Å². The van der Waals surface area contributed by atoms with E-state index in [1.165, 1.54) is 0 Å². The molecule has 2 atom stereocenters. The lowest BCUT2D eigenvalue weighted by atomic mass is 10.0. The zero-order chi connectivity index (χ0) is 15.7. The average Bonchev–Trinajstić information content (AvgIpc) is 2.47. The minimum Gasteiger partial charge on any atom is -0.465 e. The van der Waals surface area contributed by atoms with Gasteiger partial charge in [-0.05, 0) is 22.0 Å². The lowest BCUT2D eigenvalue weighted by Crippen LogP contribution is -2.49. The third-order valence-electron chi connectivity index (χ3n) is 3.40. The summed E-state index contributed by atoms with van der Waals surface area (Å²) in [5.41, 5.74) is 0.517. The summed E-state index contributed by atoms with van der Waals surface area (Å²) < 4.78 is 14.5. The molecule has 3 rings (SSSR count). The van der Waals surface area contributed by atoms with Gasteiger partial charge in [0.15, 0.2) is 5.65 Å². The second-order valence-corrected chi connectivity index (χ2v) is 6.04. The molecule has 9 heteroatoms. The van der Waals surface area contributed by atoms with Crippen molar-refractivity contribution in [3.63, 3.8) is 0 Å². The summed E-state index contributed by atoms with van der Waals surface area (Å²) in [7, 11) is 0. The highest BCUT2D eigenvalue weighted by atomic mass is 79.9. The molecule has 2 aromatic heterocycles. The average molecular weight is 370 g/mol. The Morgan fingerprint density at radius 3 is 3.00 bits per heavy atom. The van der Waals surface area contributed by atoms with Gasteiger partial charge < -0.3 is 15.3 Å². The van der Waals surface area contributed by atoms with E-state index in [-0.39, 0.29) is 25.6 Å². The summed E-state index contributed by atoms with van der Waals surface area (Å²) in [4.78, 5) is 24.7. The van der Waals surface area contributed by atoms with Crippen LogP contribution in [0.4, 0.5) is 15.1 Å². The maximum atomic E-state index is 13.6. The molecule has 0 bridgehead atoms. The van der Waals surface area contributed by atoms with Gasteiger partial charge in [-0.1, -0.05) is 0 Å². The Morgan fingerprint density at radius 2 is 2.23 bits per heavy atom. The van der Waals surface area contributed by atoms with Crippen molar-refractivity contribution in [2.45, 2.75) is 18.6 Å². The molecular formula is C13H13BrFN5O2. The number of hydrogen-bond donors (Lipinski definition) is 2. The van der Waals surface area contributed by atoms with Gasteiger partial charge >= 0.3 is 6.09 Å². The molecule has 0 radical (unpaired) electrons. The van der Waals surface area contributed by atoms with Crippen molar-refractivity contribution < 1.29 is 14.3 Å². The van der Waals surface area contributed by atoms with Crippen molar-refractivity contribution in [3.8, 4) is 0 Å². The maximum Gasteiger partial charge on any atom is 0.407 e. The Balaban J connectivity index is 1.77. The predicted octanol–water partition coefficient (Wildman–Crippen LogP) is 2.29. The fourth-order valence-corrected chi connectivity index (χ4v) is 2.80. The molecule has 22 heavy (non-hydrogen) atoms. The lowest BCUT2D eigenvalue weighted by molar-refractivity contribution is 0.102. The van der Waals surface area contributed by atoms with Gasteiger partial charge in [0.2, 0.25) is 5.95 Å². The number of alkyl halides is 1. The molecule has 2 unspecified atom stereocenters. The molecule has 1 amide bonds. The van der Waals surface area contributed by atoms with Crippen molar-refractivity contribution in [3.05, 3.63) is 22.9 Å². The number of amides is 1. The summed E-state index contributed by atoms with van der Waals surface area (Å²) in [5.74, 6) is 0.312. The van der Waals surface area contributed by atoms with Crippen LogP contribution in [-0.4, -0.2) is 56.4 Å². The number of carbonyl (C=O) groups is 1. The van der Waals surface area contributed by atoms with Crippen LogP contribution in [0.2, 0.25) is 0 Å². The first-order valence-electron chi connectivity index (χ1n) is 6.68. The van der Waals surface area contributed by atoms with E-state index in [0.29, 0.717) is 11.6 Å². The van der Waals surface area contributed by atoms with E-state index in [2.05, 4.69) is 36.2 Å². The first-order valence-corrected chi connectivity index (χ1v) is 7.47. The zero-order valence-corrected chi connectivity index (χ0v) is 13.0. The van der Waals surface area contributed by atoms with E-state index in [9.17, 15) is 9.18 Å². The smallest absolute Gasteiger partial charge is 0.407 e. The minimum atomic E-state index is -1.20. The molecule has 3 heterocycles. The highest BCUT2D eigenvalue weighted by Crippen LogP contribution is 2.19. The van der Waals surface area contributed by atoms with Crippen LogP contribution in [0.25, 0.3) is 11.0 Å². The molecule has 2 aromatic rings. The van der Waals surface area contributed by atoms with E-state index in [0.717, 1.165) is 14.8 Å². The number of fused-ring (bicyclic) bond motifs is 1. The normalized spacial score (nSPS) is 21.8. The lowest BCUT2D eigenvalue weighted by Gasteiger charge is -2.33. The molecule has 1 aliphatic rings. The molecule has 1 aliphatic heterocycles. The van der Waals surface area contributed by atoms with Crippen LogP contribution in [0, 0.1) is 0 Å². The number of likely N-dealkylation sites (tertiary alicyclic amines) is 1. The van der Waals surface area contributed by atoms with Gasteiger partial charge in [-0.2, -0.15) is 4.98 Å². The third-order valence-corrected chi connectivity index (χ3v) is 3.84. The molecule has 0 aromatic carbocycles. The van der Waals surface area contributed by atoms with Gasteiger partial charge in [-0.25, -0.2) is 19.2 Å². The van der Waals surface area contributed by atoms with Crippen molar-refractivity contribution in [2.24, 2.45) is 0 Å². The molecule has 116 valence electrons. The van der Waals surface area contributed by atoms with E-state index < -0.39 is 12.3 Å². The molecule has 0 aliphatic carbocycles. The molecule has 1 fully saturated rings. The van der Waals surface area contributed by atoms with Crippen molar-refractivity contribution in [1.82, 2.24) is 19.9 Å². The van der Waals surface area contributed by atoms with Crippen molar-refractivity contribution >= 4 is 39.0 Å². The fraction of sp³-hybridized carbons (Fsp3) is 0.385. The van der Waals surface area contributed by atoms with Gasteiger partial charge in [0.25, 0.3) is 0 Å². The highest BCUT2D eigenvalue weighted by Gasteiger charge is 2.30. The Kier molecular flexibility index (Phi) is 4.06. The molecule has 7 nitrogen and oxygen atoms in total. The van der Waals surface area contributed by atoms with E-state index >= 15 is 0 Å². The van der Waals surface area contributed by atoms with E-state index in [1.54, 1.807) is 12.4 Å². The quantitative estimate of drug-likeness (QED) is 0.843. The van der Waals surface area contributed by atoms with Crippen LogP contribution in [0.5, 0.6) is 0 Å². The topological polar surface area (TPSA) is 91.2 Å². The number of hydrogen-bond acceptors (Lipinski definition) is 5. The van der Waals surface area contributed by atoms with E-state index in [1.807, 2.05) is 6.07 Å². The fourth-order valence-electron chi connectivity index (χ4n) is 2.45. The van der Waals surface area contributed by atoms with Crippen LogP contribution in [-0.2, 0) is 0 Å². The van der Waals surface area contributed by atoms with Gasteiger partial charge in [0.1, 0.15) is 6.17 Å². The number of aromatic nitrogens is 3. The van der Waals surface area contributed by atoms with Gasteiger partial charge in [0.05, 0.1) is 6.54 Å². The summed E-state index contributed by atoms with van der Waals surface area (Å²) in [5, 5.41) is 12.8. The summed E-state index contributed by atoms with van der Waals surface area (Å²) in [6.07, 6.45) is 1.15. The standard InChI is InChI=1S/C13H13BrFN5O2/c14-8-1-7-3-17-12(19-11(7)16-4-8)18-10-2-9(15)5-20(6-10)13(21)22/h1,3-4,9-10H,2,5-6H2,(H,21,22)(H,16,17,18,19). The van der Waals surface area contributed by atoms with Crippen LogP contribution in [0.3, 0.4) is 0 Å². The van der Waals surface area contributed by atoms with Gasteiger partial charge in [-0.3, -0.25) is 0 Å². The number of nitrogens with one attached hydrogen (secondary N) is 1. The first-order chi connectivity index (χ1) is 10.5. The van der Waals surface area contributed by atoms with Gasteiger partial charge in [-0.15, -0.1) is 0 Å². The Labute approximate surface area is 133 Å². The Hall–Kier alpha value is -2.03. The minimum absolute atomic E-state index is 0.0956. The Morgan fingerprint density at radius 1 is 1.41 bits per heavy atom. The monoisotopic (exact) mass is 369 g/mol. The molecule has 1 saturated heterocycles. The second kappa shape index (κ2) is 5.99. The largest absolute Gasteiger partial charge is 0.465 e. The highest BCUT2D eigenvalue weighted by molar-refractivity contribution is 9.10. The zero-order valence-electron chi connectivity index (χ0n) is 11.4. The summed E-state index contributed by atoms with van der Waals surface area (Å²) in [6, 6.07) is 1.48. The SMILES string of the molecule is O=C(O)N1CC(F)CC(Nc2ncc3cc(Br)cnc3n2)C1. The van der Waals surface area contributed by atoms with Gasteiger partial charge in [0, 0.05) is 41.3 Å². The maximum absolute atomic E-state index is 13.6. The van der Waals surface area contributed by atoms with Crippen LogP contribution >= 0.6 is 15.9 Å². The van der Waals surface area contributed by atoms with E-state index in [4.69, 9.17) is 5.11 Å². The summed E-state index contributed by atoms with van der Waals surface area (Å²) >= 11 is 3.32. The third kappa shape index (κ3) is 3.24. The number of carboxylic acid groups (broad SMARTS) is 1. The number of piperidine rings is 1. The number of rotatable bonds is 2. The van der Waals surface area contributed by atoms with Crippen molar-refractivity contribution in [1.29, 1.82) is 0 Å². The van der Waals surface area contributed by atoms with Crippen LogP contribution in [0.1, 0.15) is 6.42 Å². The number of halogens is 2. The molecular weight excluding hydrogens is 357 g/mol. The number of pyridine rings is 1. The molecule has 0 saturated carbocycles. The Bertz CT molecular complexity index is 716. The summed E-state index contributed by atoms with van der Waals surface area (Å²) in [6.45, 7) is 0.104. The second-order valence-electron chi connectivity index (χ2n) is 5.12. The first kappa shape index (κ1) is 14.9. The number of anilines is 1. The van der Waals surface area contributed by atoms with Crippen molar-refractivity contribution in [2.75, 3.05) is 18.4 Å². The number of nitrogens with zero attached hydrogens (tertiary/aromatic N) is 4. The molecule has 0 spiro atoms. The van der Waals surface area contributed by atoms with Crippen LogP contribution in [0.15, 0.2) is 22.9 Å². The molecule has 2 N–H and O–H groups in total.